The zero-order valence-corrected chi connectivity index (χ0v) is 41.5. The van der Waals surface area contributed by atoms with Crippen LogP contribution in [0.15, 0.2) is 122 Å². The Morgan fingerprint density at radius 1 is 0.522 bits per heavy atom. The average molecular weight is 983 g/mol. The summed E-state index contributed by atoms with van der Waals surface area (Å²) in [4.78, 5) is 52.8. The molecule has 0 bridgehead atoms. The summed E-state index contributed by atoms with van der Waals surface area (Å²) in [5.74, 6) is -1.26. The van der Waals surface area contributed by atoms with Gasteiger partial charge in [-0.1, -0.05) is 155 Å². The van der Waals surface area contributed by atoms with Crippen LogP contribution in [0, 0.1) is 0 Å². The van der Waals surface area contributed by atoms with Crippen molar-refractivity contribution in [1.29, 1.82) is 0 Å². The lowest BCUT2D eigenvalue weighted by molar-refractivity contribution is -0.161. The molecule has 0 aromatic heterocycles. The Morgan fingerprint density at radius 3 is 1.70 bits per heavy atom. The van der Waals surface area contributed by atoms with Crippen molar-refractivity contribution in [2.45, 2.75) is 154 Å². The monoisotopic (exact) mass is 982 g/mol. The standard InChI is InChI=1S/C50H80O15P2/c1-3-5-7-8-9-10-11-12-13-14-15-16-17-18-19-20-24-27-33-39-49(54)61-43-48(44-64-67(59,60)63-42-47(53)41-62-66(56,57)58)65-50(55)40-34-28-32-38-46(52)37-31-26-23-21-22-25-30-36-45(51)35-29-6-4-2/h6,9-10,12-13,15-16,18-19,22-23,25-26,29-32,36-38,45-48,51-53H,3-5,7-8,11,14,17,20-21,24,27-28,33-35,39-44H2,1-2H3,(H,59,60)(H2,56,57,58)/b10-9-,13-12-,16-15-,19-18-,25-22-,26-23-,29-6-,36-30+,37-31+,38-32-/t45-,46-,47-,48+/m0/s1. The van der Waals surface area contributed by atoms with Crippen LogP contribution in [0.4, 0.5) is 0 Å². The van der Waals surface area contributed by atoms with Crippen molar-refractivity contribution in [2.24, 2.45) is 0 Å². The van der Waals surface area contributed by atoms with Crippen LogP contribution in [0.1, 0.15) is 129 Å². The van der Waals surface area contributed by atoms with Gasteiger partial charge in [0.25, 0.3) is 0 Å². The van der Waals surface area contributed by atoms with E-state index in [0.717, 1.165) is 51.4 Å². The fourth-order valence-corrected chi connectivity index (χ4v) is 6.58. The van der Waals surface area contributed by atoms with Gasteiger partial charge in [0, 0.05) is 12.8 Å². The number of carbonyl (C=O) groups is 2. The Kier molecular flexibility index (Phi) is 41.4. The van der Waals surface area contributed by atoms with Crippen molar-refractivity contribution in [1.82, 2.24) is 0 Å². The summed E-state index contributed by atoms with van der Waals surface area (Å²) < 4.78 is 47.7. The first-order chi connectivity index (χ1) is 32.2. The Labute approximate surface area is 399 Å². The van der Waals surface area contributed by atoms with Crippen molar-refractivity contribution in [3.63, 3.8) is 0 Å². The van der Waals surface area contributed by atoms with Crippen molar-refractivity contribution in [2.75, 3.05) is 26.4 Å². The Hall–Kier alpha value is -3.56. The minimum atomic E-state index is -4.90. The van der Waals surface area contributed by atoms with Crippen LogP contribution in [-0.4, -0.2) is 92.8 Å². The quantitative estimate of drug-likeness (QED) is 0.0110. The van der Waals surface area contributed by atoms with Crippen LogP contribution in [0.3, 0.4) is 0 Å². The van der Waals surface area contributed by atoms with E-state index in [9.17, 15) is 38.9 Å². The van der Waals surface area contributed by atoms with Gasteiger partial charge in [-0.25, -0.2) is 9.13 Å². The molecule has 0 fully saturated rings. The third kappa shape index (κ3) is 47.3. The molecule has 0 radical (unpaired) electrons. The van der Waals surface area contributed by atoms with Gasteiger partial charge in [-0.15, -0.1) is 0 Å². The van der Waals surface area contributed by atoms with Crippen molar-refractivity contribution in [3.8, 4) is 0 Å². The number of aliphatic hydroxyl groups is 3. The highest BCUT2D eigenvalue weighted by Crippen LogP contribution is 2.43. The molecule has 0 heterocycles. The second-order valence-corrected chi connectivity index (χ2v) is 18.0. The molecule has 17 heteroatoms. The van der Waals surface area contributed by atoms with Gasteiger partial charge in [-0.05, 0) is 83.5 Å². The van der Waals surface area contributed by atoms with Gasteiger partial charge in [-0.3, -0.25) is 23.2 Å². The molecule has 0 aliphatic heterocycles. The van der Waals surface area contributed by atoms with Crippen LogP contribution < -0.4 is 0 Å². The largest absolute Gasteiger partial charge is 0.472 e. The number of unbranched alkanes of at least 4 members (excludes halogenated alkanes) is 7. The van der Waals surface area contributed by atoms with Gasteiger partial charge in [0.15, 0.2) is 6.10 Å². The van der Waals surface area contributed by atoms with E-state index in [1.54, 1.807) is 42.5 Å². The van der Waals surface area contributed by atoms with Crippen molar-refractivity contribution < 1.29 is 71.8 Å². The maximum Gasteiger partial charge on any atom is 0.472 e. The number of esters is 2. The Morgan fingerprint density at radius 2 is 1.07 bits per heavy atom. The summed E-state index contributed by atoms with van der Waals surface area (Å²) in [5.41, 5.74) is 0. The van der Waals surface area contributed by atoms with E-state index in [-0.39, 0.29) is 12.8 Å². The summed E-state index contributed by atoms with van der Waals surface area (Å²) in [7, 11) is -9.78. The summed E-state index contributed by atoms with van der Waals surface area (Å²) in [6.07, 6.45) is 48.3. The molecule has 0 spiro atoms. The molecule has 0 saturated carbocycles. The van der Waals surface area contributed by atoms with E-state index in [1.807, 2.05) is 37.3 Å². The molecule has 0 rings (SSSR count). The first kappa shape index (κ1) is 63.4. The zero-order chi connectivity index (χ0) is 49.7. The second-order valence-electron chi connectivity index (χ2n) is 15.3. The number of hydrogen-bond acceptors (Lipinski definition) is 12. The lowest BCUT2D eigenvalue weighted by atomic mass is 10.1. The van der Waals surface area contributed by atoms with Gasteiger partial charge >= 0.3 is 27.6 Å². The molecule has 0 saturated heterocycles. The highest BCUT2D eigenvalue weighted by Gasteiger charge is 2.28. The Bertz CT molecular complexity index is 1670. The fourth-order valence-electron chi connectivity index (χ4n) is 5.42. The highest BCUT2D eigenvalue weighted by molar-refractivity contribution is 7.47. The SMILES string of the molecule is CC/C=C\C[C@H](O)/C=C/C=C\C/C=C\C=C\[C@H](O)/C=C\CCCC(=O)O[C@H](COC(=O)CCCCC/C=C\C/C=C\C/C=C\C/C=C\CCCCC)COP(=O)(O)OC[C@@H](O)COP(=O)(O)O. The fraction of sp³-hybridized carbons (Fsp3) is 0.560. The molecule has 0 aliphatic carbocycles. The Balaban J connectivity index is 4.80. The molecular weight excluding hydrogens is 902 g/mol. The van der Waals surface area contributed by atoms with E-state index in [2.05, 4.69) is 64.6 Å². The normalized spacial score (nSPS) is 15.9. The minimum absolute atomic E-state index is 0.0699. The smallest absolute Gasteiger partial charge is 0.462 e. The van der Waals surface area contributed by atoms with E-state index in [1.165, 1.54) is 19.3 Å². The molecule has 1 unspecified atom stereocenters. The van der Waals surface area contributed by atoms with Crippen LogP contribution in [-0.2, 0) is 41.8 Å². The molecule has 0 amide bonds. The molecule has 67 heavy (non-hydrogen) atoms. The molecule has 380 valence electrons. The number of ether oxygens (including phenoxy) is 2. The maximum atomic E-state index is 12.7. The van der Waals surface area contributed by atoms with Crippen molar-refractivity contribution >= 4 is 27.6 Å². The molecular formula is C50H80O15P2. The van der Waals surface area contributed by atoms with Crippen molar-refractivity contribution in [3.05, 3.63) is 122 Å². The van der Waals surface area contributed by atoms with Gasteiger partial charge in [0.1, 0.15) is 12.7 Å². The zero-order valence-electron chi connectivity index (χ0n) is 39.7. The minimum Gasteiger partial charge on any atom is -0.462 e. The van der Waals surface area contributed by atoms with E-state index in [0.29, 0.717) is 32.1 Å². The number of phosphoric acid groups is 2. The lowest BCUT2D eigenvalue weighted by Gasteiger charge is -2.20. The number of phosphoric ester groups is 2. The van der Waals surface area contributed by atoms with E-state index >= 15 is 0 Å². The second kappa shape index (κ2) is 43.7. The summed E-state index contributed by atoms with van der Waals surface area (Å²) in [6.45, 7) is 1.27. The predicted octanol–water partition coefficient (Wildman–Crippen LogP) is 10.4. The topological polar surface area (TPSA) is 236 Å². The molecule has 6 N–H and O–H groups in total. The molecule has 5 atom stereocenters. The molecule has 0 aromatic carbocycles. The third-order valence-electron chi connectivity index (χ3n) is 9.00. The maximum absolute atomic E-state index is 12.7. The number of carbonyl (C=O) groups excluding carboxylic acids is 2. The lowest BCUT2D eigenvalue weighted by Crippen LogP contribution is -2.29. The molecule has 15 nitrogen and oxygen atoms in total. The van der Waals surface area contributed by atoms with Crippen LogP contribution in [0.5, 0.6) is 0 Å². The van der Waals surface area contributed by atoms with Gasteiger partial charge in [-0.2, -0.15) is 0 Å². The van der Waals surface area contributed by atoms with Gasteiger partial charge in [0.05, 0.1) is 32.0 Å². The van der Waals surface area contributed by atoms with Gasteiger partial charge < -0.3 is 39.5 Å². The van der Waals surface area contributed by atoms with E-state index < -0.39 is 78.4 Å². The number of allylic oxidation sites excluding steroid dienone is 16. The summed E-state index contributed by atoms with van der Waals surface area (Å²) in [5, 5.41) is 29.8. The number of hydrogen-bond donors (Lipinski definition) is 6. The average Bonchev–Trinajstić information content (AvgIpc) is 3.28. The van der Waals surface area contributed by atoms with Crippen LogP contribution in [0.25, 0.3) is 0 Å². The summed E-state index contributed by atoms with van der Waals surface area (Å²) >= 11 is 0. The number of aliphatic hydroxyl groups excluding tert-OH is 3. The summed E-state index contributed by atoms with van der Waals surface area (Å²) in [6, 6.07) is 0. The number of rotatable bonds is 42. The highest BCUT2D eigenvalue weighted by atomic mass is 31.2. The van der Waals surface area contributed by atoms with E-state index in [4.69, 9.17) is 23.8 Å². The third-order valence-corrected chi connectivity index (χ3v) is 10.4. The molecule has 0 aromatic rings. The molecule has 0 aliphatic rings. The van der Waals surface area contributed by atoms with Gasteiger partial charge in [0.2, 0.25) is 0 Å². The first-order valence-electron chi connectivity index (χ1n) is 23.5. The van der Waals surface area contributed by atoms with Crippen LogP contribution in [0.2, 0.25) is 0 Å². The predicted molar refractivity (Wildman–Crippen MR) is 264 cm³/mol. The van der Waals surface area contributed by atoms with Crippen LogP contribution >= 0.6 is 15.6 Å². The first-order valence-corrected chi connectivity index (χ1v) is 26.5.